The molecule has 0 spiro atoms. The summed E-state index contributed by atoms with van der Waals surface area (Å²) >= 11 is 8.71. The minimum Gasteiger partial charge on any atom is -0.508 e. The molecular formula is C63H75N11O9S2. The molecule has 8 atom stereocenters. The number of benzene rings is 6. The van der Waals surface area contributed by atoms with Crippen molar-refractivity contribution in [3.63, 3.8) is 0 Å². The molecule has 7 aromatic rings. The lowest BCUT2D eigenvalue weighted by Crippen LogP contribution is -2.61. The number of nitrogens with one attached hydrogen (secondary N) is 8. The Kier molecular flexibility index (Phi) is 23.3. The summed E-state index contributed by atoms with van der Waals surface area (Å²) in [6, 6.07) is 30.1. The number of hydrogen-bond donors (Lipinski definition) is 14. The highest BCUT2D eigenvalue weighted by Crippen LogP contribution is 2.22. The molecule has 0 fully saturated rings. The molecule has 6 aromatic carbocycles. The van der Waals surface area contributed by atoms with Crippen LogP contribution in [-0.2, 0) is 64.0 Å². The first kappa shape index (κ1) is 64.1. The van der Waals surface area contributed by atoms with Gasteiger partial charge >= 0.3 is 0 Å². The third-order valence-corrected chi connectivity index (χ3v) is 15.4. The number of para-hydroxylation sites is 1. The van der Waals surface area contributed by atoms with E-state index in [1.54, 1.807) is 32.2 Å². The number of aromatic nitrogens is 1. The highest BCUT2D eigenvalue weighted by atomic mass is 32.1. The Labute approximate surface area is 504 Å². The average Bonchev–Trinajstić information content (AvgIpc) is 4.20. The average molecular weight is 1190 g/mol. The number of fused-ring (bicyclic) bond motifs is 3. The highest BCUT2D eigenvalue weighted by Gasteiger charge is 2.35. The number of nitrogens with two attached hydrogens (primary N) is 3. The maximum absolute atomic E-state index is 14.9. The van der Waals surface area contributed by atoms with Crippen molar-refractivity contribution in [3.8, 4) is 5.75 Å². The molecule has 0 aliphatic carbocycles. The van der Waals surface area contributed by atoms with Gasteiger partial charge in [-0.05, 0) is 100 Å². The van der Waals surface area contributed by atoms with Crippen molar-refractivity contribution in [1.82, 2.24) is 42.2 Å². The first-order valence-electron chi connectivity index (χ1n) is 28.2. The van der Waals surface area contributed by atoms with Crippen LogP contribution in [0.15, 0.2) is 140 Å². The summed E-state index contributed by atoms with van der Waals surface area (Å²) in [5.74, 6) is -6.98. The molecule has 85 heavy (non-hydrogen) atoms. The number of unbranched alkanes of at least 4 members (excludes halogenated alkanes) is 1. The predicted molar refractivity (Wildman–Crippen MR) is 335 cm³/mol. The number of hydrogen-bond acceptors (Lipinski definition) is 13. The molecule has 448 valence electrons. The lowest BCUT2D eigenvalue weighted by molar-refractivity contribution is -0.136. The van der Waals surface area contributed by atoms with Gasteiger partial charge in [0.15, 0.2) is 0 Å². The Balaban J connectivity index is 1.08. The van der Waals surface area contributed by atoms with Crippen LogP contribution < -0.4 is 54.4 Å². The fourth-order valence-corrected chi connectivity index (χ4v) is 10.4. The van der Waals surface area contributed by atoms with Gasteiger partial charge in [0.05, 0.1) is 6.04 Å². The first-order valence-corrected chi connectivity index (χ1v) is 29.5. The molecule has 1 aromatic heterocycles. The van der Waals surface area contributed by atoms with Crippen LogP contribution in [0.4, 0.5) is 0 Å². The van der Waals surface area contributed by atoms with Crippen molar-refractivity contribution in [2.45, 2.75) is 107 Å². The Morgan fingerprint density at radius 2 is 0.953 bits per heavy atom. The van der Waals surface area contributed by atoms with Crippen molar-refractivity contribution in [3.05, 3.63) is 162 Å². The van der Waals surface area contributed by atoms with Gasteiger partial charge in [-0.15, -0.1) is 0 Å². The van der Waals surface area contributed by atoms with Gasteiger partial charge in [0.25, 0.3) is 0 Å². The molecule has 0 aliphatic heterocycles. The van der Waals surface area contributed by atoms with Gasteiger partial charge in [-0.25, -0.2) is 0 Å². The largest absolute Gasteiger partial charge is 0.508 e. The minimum atomic E-state index is -1.39. The van der Waals surface area contributed by atoms with Crippen LogP contribution in [0.2, 0.25) is 0 Å². The number of carbonyl (C=O) groups is 8. The van der Waals surface area contributed by atoms with Crippen LogP contribution in [-0.4, -0.2) is 124 Å². The van der Waals surface area contributed by atoms with E-state index in [1.807, 2.05) is 109 Å². The Bertz CT molecular complexity index is 3490. The smallest absolute Gasteiger partial charge is 0.244 e. The van der Waals surface area contributed by atoms with Crippen molar-refractivity contribution in [2.75, 3.05) is 18.1 Å². The van der Waals surface area contributed by atoms with Crippen LogP contribution in [0.3, 0.4) is 0 Å². The number of phenols is 1. The molecule has 0 saturated heterocycles. The van der Waals surface area contributed by atoms with E-state index >= 15 is 0 Å². The van der Waals surface area contributed by atoms with Crippen LogP contribution in [0.5, 0.6) is 5.75 Å². The van der Waals surface area contributed by atoms with Crippen LogP contribution in [0.25, 0.3) is 32.4 Å². The van der Waals surface area contributed by atoms with Gasteiger partial charge in [-0.1, -0.05) is 129 Å². The topological polar surface area (TPSA) is 335 Å². The van der Waals surface area contributed by atoms with E-state index < -0.39 is 102 Å². The van der Waals surface area contributed by atoms with E-state index in [1.165, 1.54) is 12.1 Å². The zero-order valence-electron chi connectivity index (χ0n) is 47.4. The third-order valence-electron chi connectivity index (χ3n) is 14.7. The summed E-state index contributed by atoms with van der Waals surface area (Å²) in [5, 5.41) is 33.9. The molecular weight excluding hydrogens is 1120 g/mol. The molecule has 22 heteroatoms. The lowest BCUT2D eigenvalue weighted by atomic mass is 9.99. The standard InChI is InChI=1S/C63H75N11O9S2/c1-36(2)55(63(83)73-54(35-85)61(81)69-50(56(66)76)31-39-19-23-41-12-4-6-14-43(41)28-39)74-58(78)49(17-9-10-26-64)68-60(80)52(32-44-33-67-48-16-8-7-15-46(44)48)71-59(79)51(30-37-20-24-45(75)25-21-37)70-62(82)53(34-84)72-57(77)47(65)29-38-18-22-40-11-3-5-13-42(40)27-38/h3-8,11-16,18-25,27-28,33,36,47,49-55,67,75,84-85H,9-10,17,26,29-32,34-35,64-65H2,1-2H3,(H2,66,76)(H,68,80)(H,69,81)(H,70,82)(H,71,79)(H,72,77)(H,73,83)(H,74,78)/t47-,49-,50-,51-,52+,53+,54-,55-/m0/s1. The number of carbonyl (C=O) groups excluding carboxylic acids is 8. The Hall–Kier alpha value is -8.44. The molecule has 1 heterocycles. The van der Waals surface area contributed by atoms with E-state index in [2.05, 4.69) is 67.5 Å². The molecule has 0 unspecified atom stereocenters. The fourth-order valence-electron chi connectivity index (χ4n) is 9.91. The molecule has 0 radical (unpaired) electrons. The summed E-state index contributed by atoms with van der Waals surface area (Å²) < 4.78 is 0. The van der Waals surface area contributed by atoms with Gasteiger partial charge in [-0.2, -0.15) is 25.3 Å². The molecule has 15 N–H and O–H groups in total. The number of amides is 8. The maximum Gasteiger partial charge on any atom is 0.244 e. The SMILES string of the molecule is CC(C)[C@H](NC(=O)[C@H](CCCCN)NC(=O)[C@@H](Cc1c[nH]c2ccccc12)NC(=O)[C@H](Cc1ccc(O)cc1)NC(=O)[C@@H](CS)NC(=O)[C@@H](N)Cc1ccc2ccccc2c1)C(=O)N[C@@H](CS)C(=O)N[C@@H](Cc1ccc2ccccc2c1)C(N)=O. The Morgan fingerprint density at radius 3 is 1.52 bits per heavy atom. The molecule has 0 saturated carbocycles. The van der Waals surface area contributed by atoms with Gasteiger partial charge in [0.2, 0.25) is 47.3 Å². The molecule has 7 rings (SSSR count). The molecule has 20 nitrogen and oxygen atoms in total. The number of aromatic hydroxyl groups is 1. The van der Waals surface area contributed by atoms with Crippen LogP contribution in [0, 0.1) is 5.92 Å². The van der Waals surface area contributed by atoms with E-state index in [-0.39, 0.29) is 55.9 Å². The zero-order chi connectivity index (χ0) is 61.2. The summed E-state index contributed by atoms with van der Waals surface area (Å²) in [5.41, 5.74) is 21.5. The minimum absolute atomic E-state index is 0.0409. The van der Waals surface area contributed by atoms with E-state index in [9.17, 15) is 43.5 Å². The number of aromatic amines is 1. The second-order valence-corrected chi connectivity index (χ2v) is 22.2. The van der Waals surface area contributed by atoms with Crippen LogP contribution >= 0.6 is 25.3 Å². The number of phenolic OH excluding ortho intramolecular Hbond substituents is 1. The number of primary amides is 1. The third kappa shape index (κ3) is 18.0. The van der Waals surface area contributed by atoms with Gasteiger partial charge in [-0.3, -0.25) is 38.4 Å². The molecule has 8 amide bonds. The van der Waals surface area contributed by atoms with Gasteiger partial charge in [0, 0.05) is 47.9 Å². The second kappa shape index (κ2) is 30.9. The number of rotatable bonds is 30. The lowest BCUT2D eigenvalue weighted by Gasteiger charge is -2.29. The van der Waals surface area contributed by atoms with Gasteiger partial charge in [0.1, 0.15) is 48.0 Å². The summed E-state index contributed by atoms with van der Waals surface area (Å²) in [6.45, 7) is 3.64. The van der Waals surface area contributed by atoms with E-state index in [4.69, 9.17) is 17.2 Å². The number of thiol groups is 2. The second-order valence-electron chi connectivity index (χ2n) is 21.5. The van der Waals surface area contributed by atoms with Crippen LogP contribution in [0.1, 0.15) is 55.4 Å². The zero-order valence-corrected chi connectivity index (χ0v) is 49.2. The van der Waals surface area contributed by atoms with Crippen molar-refractivity contribution >= 4 is 105 Å². The highest BCUT2D eigenvalue weighted by molar-refractivity contribution is 7.80. The van der Waals surface area contributed by atoms with Gasteiger partial charge < -0.3 is 64.5 Å². The Morgan fingerprint density at radius 1 is 0.494 bits per heavy atom. The summed E-state index contributed by atoms with van der Waals surface area (Å²) in [6.07, 6.45) is 2.60. The van der Waals surface area contributed by atoms with Crippen molar-refractivity contribution in [1.29, 1.82) is 0 Å². The van der Waals surface area contributed by atoms with Crippen molar-refractivity contribution in [2.24, 2.45) is 23.1 Å². The molecule has 0 aliphatic rings. The quantitative estimate of drug-likeness (QED) is 0.0229. The van der Waals surface area contributed by atoms with E-state index in [0.717, 1.165) is 43.6 Å². The normalized spacial score (nSPS) is 14.2. The maximum atomic E-state index is 14.9. The van der Waals surface area contributed by atoms with E-state index in [0.29, 0.717) is 24.0 Å². The summed E-state index contributed by atoms with van der Waals surface area (Å²) in [7, 11) is 0. The summed E-state index contributed by atoms with van der Waals surface area (Å²) in [4.78, 5) is 116. The van der Waals surface area contributed by atoms with Crippen molar-refractivity contribution < 1.29 is 43.5 Å². The predicted octanol–water partition coefficient (Wildman–Crippen LogP) is 3.30. The first-order chi connectivity index (χ1) is 40.8. The number of H-pyrrole nitrogens is 1. The fraction of sp³-hybridized carbons (Fsp3) is 0.333. The molecule has 0 bridgehead atoms. The monoisotopic (exact) mass is 1190 g/mol.